The molecule has 0 N–H and O–H groups in total. The van der Waals surface area contributed by atoms with Crippen LogP contribution in [0.5, 0.6) is 23.0 Å². The maximum atomic E-state index is 6.23. The van der Waals surface area contributed by atoms with Crippen LogP contribution in [0.2, 0.25) is 0 Å². The average Bonchev–Trinajstić information content (AvgIpc) is 3.42. The molecule has 47 heavy (non-hydrogen) atoms. The van der Waals surface area contributed by atoms with Crippen molar-refractivity contribution in [1.29, 1.82) is 0 Å². The third-order valence-corrected chi connectivity index (χ3v) is 6.98. The Bertz CT molecular complexity index is 2150. The van der Waals surface area contributed by atoms with Crippen LogP contribution in [0, 0.1) is 24.3 Å². The molecule has 0 aliphatic rings. The van der Waals surface area contributed by atoms with Crippen LogP contribution in [0.3, 0.4) is 0 Å². The Labute approximate surface area is 297 Å². The van der Waals surface area contributed by atoms with E-state index in [0.29, 0.717) is 28.9 Å². The first-order valence-electron chi connectivity index (χ1n) is 13.9. The van der Waals surface area contributed by atoms with E-state index in [0.717, 1.165) is 44.3 Å². The quantitative estimate of drug-likeness (QED) is 0.122. The van der Waals surface area contributed by atoms with E-state index in [1.165, 1.54) is 12.7 Å². The summed E-state index contributed by atoms with van der Waals surface area (Å²) in [5, 5.41) is 1.87. The van der Waals surface area contributed by atoms with Crippen molar-refractivity contribution >= 4 is 21.8 Å². The van der Waals surface area contributed by atoms with Gasteiger partial charge in [-0.3, -0.25) is 9.97 Å². The minimum absolute atomic E-state index is 0. The number of nitrogens with zero attached hydrogens (tertiary/aromatic N) is 7. The van der Waals surface area contributed by atoms with Gasteiger partial charge in [-0.15, -0.1) is 71.8 Å². The van der Waals surface area contributed by atoms with Crippen LogP contribution < -0.4 is 9.47 Å². The van der Waals surface area contributed by atoms with Crippen molar-refractivity contribution in [1.82, 2.24) is 34.5 Å². The molecule has 0 saturated carbocycles. The summed E-state index contributed by atoms with van der Waals surface area (Å²) in [6, 6.07) is 37.9. The molecule has 0 bridgehead atoms. The summed E-state index contributed by atoms with van der Waals surface area (Å²) in [5.74, 6) is 2.54. The molecule has 0 fully saturated rings. The van der Waals surface area contributed by atoms with E-state index in [4.69, 9.17) is 9.47 Å². The second kappa shape index (κ2) is 14.1. The molecule has 0 unspecified atom stereocenters. The van der Waals surface area contributed by atoms with Crippen LogP contribution in [0.1, 0.15) is 0 Å². The number of rotatable bonds is 7. The molecular weight excluding hydrogens is 864 g/mol. The van der Waals surface area contributed by atoms with Crippen LogP contribution in [0.4, 0.5) is 0 Å². The minimum Gasteiger partial charge on any atom is -0.503 e. The standard InChI is InChI=1S/C36H19N7O2.Pd.Pt/c1-4-24(32-12-16-37-22-41-32)18-26(6-1)44-28-8-10-30-31-11-9-29(21-35(31)43(34(30)20-28)36-39-14-3-15-40-36)45-27-7-2-5-25(19-27)33-13-17-38-23-42-33;;/h1-17,22-23H;;/q-4;2*+2. The van der Waals surface area contributed by atoms with Crippen LogP contribution in [0.25, 0.3) is 50.3 Å². The zero-order valence-electron chi connectivity index (χ0n) is 24.0. The Hall–Kier alpha value is -5.13. The van der Waals surface area contributed by atoms with E-state index in [9.17, 15) is 0 Å². The van der Waals surface area contributed by atoms with E-state index in [1.807, 2.05) is 77.4 Å². The van der Waals surface area contributed by atoms with Gasteiger partial charge in [0.05, 0.1) is 0 Å². The number of hydrogen-bond acceptors (Lipinski definition) is 8. The molecule has 230 valence electrons. The molecule has 0 saturated heterocycles. The SMILES string of the molecule is [Pd+2].[Pt+2].[c-]1c(Oc2[c-]c3c(cc2)c2ccc(Oc4[c-]c(-c5ccncn5)ccc4)[c-]c2n3-c2ncccn2)cccc1-c1ccncn1. The predicted octanol–water partition coefficient (Wildman–Crippen LogP) is 7.27. The third-order valence-electron chi connectivity index (χ3n) is 6.98. The zero-order chi connectivity index (χ0) is 30.0. The smallest absolute Gasteiger partial charge is 0.503 e. The fourth-order valence-electron chi connectivity index (χ4n) is 5.00. The molecule has 9 nitrogen and oxygen atoms in total. The van der Waals surface area contributed by atoms with Gasteiger partial charge in [-0.05, 0) is 17.5 Å². The summed E-state index contributed by atoms with van der Waals surface area (Å²) in [6.07, 6.45) is 9.79. The van der Waals surface area contributed by atoms with Gasteiger partial charge in [0.25, 0.3) is 0 Å². The Balaban J connectivity index is 0.00000193. The Kier molecular flexibility index (Phi) is 9.55. The first-order valence-corrected chi connectivity index (χ1v) is 13.9. The molecule has 4 aromatic heterocycles. The number of aromatic nitrogens is 7. The number of benzene rings is 4. The summed E-state index contributed by atoms with van der Waals surface area (Å²) in [7, 11) is 0. The monoisotopic (exact) mass is 882 g/mol. The van der Waals surface area contributed by atoms with Gasteiger partial charge in [-0.2, -0.15) is 22.9 Å². The predicted molar refractivity (Wildman–Crippen MR) is 167 cm³/mol. The van der Waals surface area contributed by atoms with E-state index in [-0.39, 0.29) is 41.5 Å². The molecule has 4 heterocycles. The van der Waals surface area contributed by atoms with Crippen LogP contribution >= 0.6 is 0 Å². The molecule has 4 aromatic carbocycles. The largest absolute Gasteiger partial charge is 2.00 e. The molecule has 0 aliphatic heterocycles. The normalized spacial score (nSPS) is 10.6. The van der Waals surface area contributed by atoms with Gasteiger partial charge >= 0.3 is 41.5 Å². The van der Waals surface area contributed by atoms with Gasteiger partial charge in [-0.25, -0.2) is 19.9 Å². The van der Waals surface area contributed by atoms with E-state index < -0.39 is 0 Å². The van der Waals surface area contributed by atoms with E-state index >= 15 is 0 Å². The van der Waals surface area contributed by atoms with Crippen LogP contribution in [-0.4, -0.2) is 34.5 Å². The van der Waals surface area contributed by atoms with Gasteiger partial charge in [0.1, 0.15) is 12.7 Å². The Morgan fingerprint density at radius 3 is 1.45 bits per heavy atom. The maximum absolute atomic E-state index is 6.23. The molecule has 11 heteroatoms. The molecule has 0 spiro atoms. The number of hydrogen-bond donors (Lipinski definition) is 0. The van der Waals surface area contributed by atoms with Crippen molar-refractivity contribution in [3.8, 4) is 51.5 Å². The summed E-state index contributed by atoms with van der Waals surface area (Å²) < 4.78 is 14.4. The van der Waals surface area contributed by atoms with Crippen molar-refractivity contribution in [2.45, 2.75) is 0 Å². The summed E-state index contributed by atoms with van der Waals surface area (Å²) >= 11 is 0. The molecule has 0 aliphatic carbocycles. The van der Waals surface area contributed by atoms with Crippen molar-refractivity contribution < 1.29 is 51.0 Å². The second-order valence-corrected chi connectivity index (χ2v) is 9.80. The minimum atomic E-state index is 0. The molecule has 0 amide bonds. The topological polar surface area (TPSA) is 101 Å². The van der Waals surface area contributed by atoms with Crippen molar-refractivity contribution in [2.24, 2.45) is 0 Å². The van der Waals surface area contributed by atoms with E-state index in [1.54, 1.807) is 30.9 Å². The molecule has 0 atom stereocenters. The van der Waals surface area contributed by atoms with Gasteiger partial charge in [0.2, 0.25) is 5.95 Å². The fraction of sp³-hybridized carbons (Fsp3) is 0. The van der Waals surface area contributed by atoms with Crippen LogP contribution in [-0.2, 0) is 41.5 Å². The van der Waals surface area contributed by atoms with Gasteiger partial charge in [0, 0.05) is 47.8 Å². The Morgan fingerprint density at radius 1 is 0.489 bits per heavy atom. The second-order valence-electron chi connectivity index (χ2n) is 9.80. The summed E-state index contributed by atoms with van der Waals surface area (Å²) in [6.45, 7) is 0. The average molecular weight is 883 g/mol. The first-order chi connectivity index (χ1) is 22.3. The summed E-state index contributed by atoms with van der Waals surface area (Å²) in [4.78, 5) is 25.7. The van der Waals surface area contributed by atoms with Gasteiger partial charge in [0.15, 0.2) is 0 Å². The molecule has 8 aromatic rings. The van der Waals surface area contributed by atoms with Gasteiger partial charge in [-0.1, -0.05) is 35.3 Å². The third kappa shape index (κ3) is 6.58. The first kappa shape index (κ1) is 31.8. The fourth-order valence-corrected chi connectivity index (χ4v) is 5.00. The van der Waals surface area contributed by atoms with Crippen molar-refractivity contribution in [3.63, 3.8) is 0 Å². The molecule has 0 radical (unpaired) electrons. The number of fused-ring (bicyclic) bond motifs is 3. The Morgan fingerprint density at radius 2 is 0.979 bits per heavy atom. The maximum Gasteiger partial charge on any atom is 2.00 e. The molecular formula is C36H19N7O2PdPt. The summed E-state index contributed by atoms with van der Waals surface area (Å²) in [5.41, 5.74) is 4.55. The van der Waals surface area contributed by atoms with Crippen molar-refractivity contribution in [3.05, 3.63) is 141 Å². The number of ether oxygens (including phenoxy) is 2. The van der Waals surface area contributed by atoms with E-state index in [2.05, 4.69) is 54.2 Å². The molecule has 8 rings (SSSR count). The van der Waals surface area contributed by atoms with Gasteiger partial charge < -0.3 is 14.0 Å². The van der Waals surface area contributed by atoms with Crippen molar-refractivity contribution in [2.75, 3.05) is 0 Å². The van der Waals surface area contributed by atoms with Crippen LogP contribution in [0.15, 0.2) is 116 Å². The zero-order valence-corrected chi connectivity index (χ0v) is 27.9.